The Morgan fingerprint density at radius 2 is 2.21 bits per heavy atom. The van der Waals surface area contributed by atoms with E-state index in [1.807, 2.05) is 6.20 Å². The Morgan fingerprint density at radius 3 is 2.84 bits per heavy atom. The molecule has 2 atom stereocenters. The number of likely N-dealkylation sites (N-methyl/N-ethyl adjacent to an activating group) is 1. The average molecular weight is 262 g/mol. The van der Waals surface area contributed by atoms with Crippen molar-refractivity contribution in [3.8, 4) is 0 Å². The first-order valence-corrected chi connectivity index (χ1v) is 7.28. The van der Waals surface area contributed by atoms with Crippen molar-refractivity contribution in [3.63, 3.8) is 0 Å². The molecule has 1 aliphatic heterocycles. The molecule has 0 saturated carbocycles. The molecule has 1 saturated heterocycles. The van der Waals surface area contributed by atoms with E-state index < -0.39 is 0 Å². The molecule has 0 aromatic carbocycles. The molecule has 2 N–H and O–H groups in total. The van der Waals surface area contributed by atoms with Crippen molar-refractivity contribution in [2.45, 2.75) is 38.8 Å². The zero-order valence-electron chi connectivity index (χ0n) is 12.3. The van der Waals surface area contributed by atoms with Gasteiger partial charge in [0.05, 0.1) is 17.6 Å². The number of pyridine rings is 1. The summed E-state index contributed by atoms with van der Waals surface area (Å²) in [5.41, 5.74) is 8.22. The highest BCUT2D eigenvalue weighted by atomic mass is 15.2. The topological polar surface area (TPSA) is 45.4 Å². The van der Waals surface area contributed by atoms with Crippen LogP contribution in [0.5, 0.6) is 0 Å². The lowest BCUT2D eigenvalue weighted by Crippen LogP contribution is -2.38. The molecule has 19 heavy (non-hydrogen) atoms. The average Bonchev–Trinajstić information content (AvgIpc) is 2.58. The third-order valence-electron chi connectivity index (χ3n) is 3.97. The number of hydrogen-bond donors (Lipinski definition) is 1. The lowest BCUT2D eigenvalue weighted by molar-refractivity contribution is 0.337. The van der Waals surface area contributed by atoms with Gasteiger partial charge in [0.1, 0.15) is 0 Å². The highest BCUT2D eigenvalue weighted by Gasteiger charge is 2.20. The molecule has 0 amide bonds. The molecule has 1 aliphatic rings. The van der Waals surface area contributed by atoms with Crippen molar-refractivity contribution >= 4 is 5.69 Å². The van der Waals surface area contributed by atoms with Crippen LogP contribution in [-0.2, 0) is 0 Å². The van der Waals surface area contributed by atoms with Crippen LogP contribution >= 0.6 is 0 Å². The molecular weight excluding hydrogens is 236 g/mol. The van der Waals surface area contributed by atoms with Crippen molar-refractivity contribution in [1.29, 1.82) is 0 Å². The van der Waals surface area contributed by atoms with Gasteiger partial charge in [0.25, 0.3) is 0 Å². The largest absolute Gasteiger partial charge is 0.366 e. The van der Waals surface area contributed by atoms with E-state index in [-0.39, 0.29) is 6.04 Å². The number of hydrogen-bond acceptors (Lipinski definition) is 4. The van der Waals surface area contributed by atoms with Crippen LogP contribution in [0.2, 0.25) is 0 Å². The zero-order chi connectivity index (χ0) is 13.8. The molecule has 2 rings (SSSR count). The van der Waals surface area contributed by atoms with Crippen LogP contribution in [0.1, 0.15) is 38.4 Å². The number of nitrogens with two attached hydrogens (primary N) is 1. The minimum Gasteiger partial charge on any atom is -0.366 e. The summed E-state index contributed by atoms with van der Waals surface area (Å²) in [7, 11) is 2.20. The van der Waals surface area contributed by atoms with Gasteiger partial charge in [0.2, 0.25) is 0 Å². The lowest BCUT2D eigenvalue weighted by atomic mass is 10.1. The standard InChI is InChI=1S/C15H26N4/c1-4-14(16)15-7-6-13(10-17-15)19-9-5-8-18(3)11-12(19)2/h6-7,10,12,14H,4-5,8-9,11,16H2,1-3H3. The van der Waals surface area contributed by atoms with Crippen molar-refractivity contribution in [2.24, 2.45) is 5.73 Å². The number of aromatic nitrogens is 1. The van der Waals surface area contributed by atoms with Gasteiger partial charge in [-0.15, -0.1) is 0 Å². The second kappa shape index (κ2) is 6.35. The highest BCUT2D eigenvalue weighted by molar-refractivity contribution is 5.46. The molecule has 0 spiro atoms. The first-order valence-electron chi connectivity index (χ1n) is 7.28. The van der Waals surface area contributed by atoms with E-state index >= 15 is 0 Å². The molecule has 0 radical (unpaired) electrons. The smallest absolute Gasteiger partial charge is 0.0572 e. The van der Waals surface area contributed by atoms with Gasteiger partial charge < -0.3 is 15.5 Å². The summed E-state index contributed by atoms with van der Waals surface area (Å²) in [6, 6.07) is 4.83. The van der Waals surface area contributed by atoms with Crippen LogP contribution in [0.4, 0.5) is 5.69 Å². The van der Waals surface area contributed by atoms with E-state index in [1.165, 1.54) is 18.7 Å². The quantitative estimate of drug-likeness (QED) is 0.905. The fourth-order valence-corrected chi connectivity index (χ4v) is 2.75. The molecular formula is C15H26N4. The van der Waals surface area contributed by atoms with Gasteiger partial charge in [0.15, 0.2) is 0 Å². The Morgan fingerprint density at radius 1 is 1.42 bits per heavy atom. The molecule has 4 heteroatoms. The summed E-state index contributed by atoms with van der Waals surface area (Å²) in [6.45, 7) is 7.76. The van der Waals surface area contributed by atoms with Gasteiger partial charge in [-0.2, -0.15) is 0 Å². The molecule has 1 aromatic heterocycles. The summed E-state index contributed by atoms with van der Waals surface area (Å²) >= 11 is 0. The summed E-state index contributed by atoms with van der Waals surface area (Å²) < 4.78 is 0. The fraction of sp³-hybridized carbons (Fsp3) is 0.667. The Labute approximate surface area is 116 Å². The van der Waals surface area contributed by atoms with Crippen molar-refractivity contribution in [3.05, 3.63) is 24.0 Å². The summed E-state index contributed by atoms with van der Waals surface area (Å²) in [4.78, 5) is 9.39. The number of nitrogens with zero attached hydrogens (tertiary/aromatic N) is 3. The van der Waals surface area contributed by atoms with Crippen LogP contribution in [0.15, 0.2) is 18.3 Å². The molecule has 106 valence electrons. The normalized spacial score (nSPS) is 23.2. The Balaban J connectivity index is 2.12. The highest BCUT2D eigenvalue weighted by Crippen LogP contribution is 2.21. The molecule has 0 aliphatic carbocycles. The minimum atomic E-state index is 0.0572. The first kappa shape index (κ1) is 14.3. The van der Waals surface area contributed by atoms with Crippen LogP contribution in [0, 0.1) is 0 Å². The summed E-state index contributed by atoms with van der Waals surface area (Å²) in [5.74, 6) is 0. The van der Waals surface area contributed by atoms with E-state index in [2.05, 4.69) is 47.8 Å². The van der Waals surface area contributed by atoms with Crippen molar-refractivity contribution in [1.82, 2.24) is 9.88 Å². The molecule has 1 fully saturated rings. The van der Waals surface area contributed by atoms with Crippen LogP contribution in [-0.4, -0.2) is 42.6 Å². The van der Waals surface area contributed by atoms with Crippen molar-refractivity contribution < 1.29 is 0 Å². The minimum absolute atomic E-state index is 0.0572. The van der Waals surface area contributed by atoms with Gasteiger partial charge in [-0.25, -0.2) is 0 Å². The Kier molecular flexibility index (Phi) is 4.77. The first-order chi connectivity index (χ1) is 9.11. The molecule has 2 unspecified atom stereocenters. The molecule has 4 nitrogen and oxygen atoms in total. The molecule has 2 heterocycles. The fourth-order valence-electron chi connectivity index (χ4n) is 2.75. The van der Waals surface area contributed by atoms with Crippen LogP contribution in [0.25, 0.3) is 0 Å². The Hall–Kier alpha value is -1.13. The molecule has 1 aromatic rings. The van der Waals surface area contributed by atoms with Crippen molar-refractivity contribution in [2.75, 3.05) is 31.6 Å². The van der Waals surface area contributed by atoms with Gasteiger partial charge in [0, 0.05) is 25.2 Å². The van der Waals surface area contributed by atoms with E-state index in [0.29, 0.717) is 6.04 Å². The maximum atomic E-state index is 6.01. The number of anilines is 1. The van der Waals surface area contributed by atoms with Gasteiger partial charge in [-0.3, -0.25) is 4.98 Å². The maximum Gasteiger partial charge on any atom is 0.0572 e. The van der Waals surface area contributed by atoms with Gasteiger partial charge in [-0.05, 0) is 45.5 Å². The van der Waals surface area contributed by atoms with E-state index in [0.717, 1.165) is 25.2 Å². The third-order valence-corrected chi connectivity index (χ3v) is 3.97. The number of rotatable bonds is 3. The van der Waals surface area contributed by atoms with E-state index in [4.69, 9.17) is 5.73 Å². The maximum absolute atomic E-state index is 6.01. The second-order valence-electron chi connectivity index (χ2n) is 5.61. The molecule has 0 bridgehead atoms. The van der Waals surface area contributed by atoms with Gasteiger partial charge in [-0.1, -0.05) is 6.92 Å². The third kappa shape index (κ3) is 3.45. The van der Waals surface area contributed by atoms with E-state index in [9.17, 15) is 0 Å². The van der Waals surface area contributed by atoms with E-state index in [1.54, 1.807) is 0 Å². The lowest BCUT2D eigenvalue weighted by Gasteiger charge is -2.30. The predicted octanol–water partition coefficient (Wildman–Crippen LogP) is 2.02. The SMILES string of the molecule is CCC(N)c1ccc(N2CCCN(C)CC2C)cn1. The van der Waals surface area contributed by atoms with Crippen LogP contribution < -0.4 is 10.6 Å². The summed E-state index contributed by atoms with van der Waals surface area (Å²) in [5, 5.41) is 0. The predicted molar refractivity (Wildman–Crippen MR) is 80.4 cm³/mol. The zero-order valence-corrected chi connectivity index (χ0v) is 12.3. The Bertz CT molecular complexity index is 390. The monoisotopic (exact) mass is 262 g/mol. The van der Waals surface area contributed by atoms with Gasteiger partial charge >= 0.3 is 0 Å². The second-order valence-corrected chi connectivity index (χ2v) is 5.61. The van der Waals surface area contributed by atoms with Crippen LogP contribution in [0.3, 0.4) is 0 Å². The summed E-state index contributed by atoms with van der Waals surface area (Å²) in [6.07, 6.45) is 4.11.